The molecular formula is C19H19I2NO6. The van der Waals surface area contributed by atoms with Gasteiger partial charge in [-0.25, -0.2) is 9.59 Å². The number of esters is 1. The number of rotatable bonds is 4. The molecule has 2 aliphatic rings. The van der Waals surface area contributed by atoms with Crippen LogP contribution in [0, 0.1) is 20.0 Å². The van der Waals surface area contributed by atoms with Crippen LogP contribution in [0.5, 0.6) is 0 Å². The van der Waals surface area contributed by atoms with Crippen molar-refractivity contribution in [3.63, 3.8) is 0 Å². The Morgan fingerprint density at radius 3 is 2.18 bits per heavy atom. The molecule has 1 aliphatic carbocycles. The molecule has 7 nitrogen and oxygen atoms in total. The molecule has 2 fully saturated rings. The smallest absolute Gasteiger partial charge is 0.339 e. The minimum Gasteiger partial charge on any atom is -0.459 e. The van der Waals surface area contributed by atoms with Crippen molar-refractivity contribution >= 4 is 68.9 Å². The fraction of sp³-hybridized carbons (Fsp3) is 0.474. The average molecular weight is 611 g/mol. The first-order valence-corrected chi connectivity index (χ1v) is 11.2. The number of nitrogens with zero attached hydrogens (tertiary/aromatic N) is 1. The fourth-order valence-electron chi connectivity index (χ4n) is 3.35. The highest BCUT2D eigenvalue weighted by Crippen LogP contribution is 2.30. The lowest BCUT2D eigenvalue weighted by Crippen LogP contribution is -2.36. The number of imide groups is 1. The third kappa shape index (κ3) is 4.66. The third-order valence-corrected chi connectivity index (χ3v) is 7.09. The standard InChI is InChI=1S/C19H19I2NO6/c1-10-13(20)6-7-14(21)17(10)19(26)27-12-4-2-11(3-5-12)18(25)28-22-15(23)8-9-16(22)24/h6-7,11-12H,2-5,8-9H2,1H3. The summed E-state index contributed by atoms with van der Waals surface area (Å²) in [6.45, 7) is 1.90. The van der Waals surface area contributed by atoms with Crippen molar-refractivity contribution in [1.82, 2.24) is 5.06 Å². The number of ether oxygens (including phenoxy) is 1. The van der Waals surface area contributed by atoms with E-state index in [1.165, 1.54) is 0 Å². The second-order valence-corrected chi connectivity index (χ2v) is 9.22. The van der Waals surface area contributed by atoms with Crippen LogP contribution >= 0.6 is 45.2 Å². The Balaban J connectivity index is 1.54. The summed E-state index contributed by atoms with van der Waals surface area (Å²) in [7, 11) is 0. The number of carbonyl (C=O) groups is 4. The molecule has 1 saturated carbocycles. The second-order valence-electron chi connectivity index (χ2n) is 6.90. The zero-order chi connectivity index (χ0) is 20.4. The summed E-state index contributed by atoms with van der Waals surface area (Å²) in [5.41, 5.74) is 1.48. The number of amides is 2. The van der Waals surface area contributed by atoms with E-state index in [-0.39, 0.29) is 24.9 Å². The molecule has 0 radical (unpaired) electrons. The molecule has 0 N–H and O–H groups in total. The van der Waals surface area contributed by atoms with Crippen molar-refractivity contribution in [3.05, 3.63) is 30.4 Å². The SMILES string of the molecule is Cc1c(I)ccc(I)c1C(=O)OC1CCC(C(=O)ON2C(=O)CCC2=O)CC1. The predicted molar refractivity (Wildman–Crippen MR) is 115 cm³/mol. The van der Waals surface area contributed by atoms with Gasteiger partial charge in [0.25, 0.3) is 11.8 Å². The molecule has 1 saturated heterocycles. The van der Waals surface area contributed by atoms with Crippen molar-refractivity contribution in [2.75, 3.05) is 0 Å². The van der Waals surface area contributed by atoms with E-state index < -0.39 is 23.7 Å². The third-order valence-electron chi connectivity index (χ3n) is 5.02. The maximum atomic E-state index is 12.6. The molecule has 2 amide bonds. The van der Waals surface area contributed by atoms with E-state index in [1.807, 2.05) is 19.1 Å². The minimum atomic E-state index is -0.573. The van der Waals surface area contributed by atoms with E-state index >= 15 is 0 Å². The van der Waals surface area contributed by atoms with Crippen LogP contribution < -0.4 is 0 Å². The Bertz CT molecular complexity index is 816. The molecule has 0 bridgehead atoms. The molecule has 150 valence electrons. The van der Waals surface area contributed by atoms with Crippen molar-refractivity contribution in [2.24, 2.45) is 5.92 Å². The molecule has 3 rings (SSSR count). The van der Waals surface area contributed by atoms with Crippen molar-refractivity contribution in [1.29, 1.82) is 0 Å². The molecule has 1 aromatic rings. The van der Waals surface area contributed by atoms with Crippen LogP contribution in [0.25, 0.3) is 0 Å². The zero-order valence-corrected chi connectivity index (χ0v) is 19.5. The van der Waals surface area contributed by atoms with E-state index in [4.69, 9.17) is 9.57 Å². The van der Waals surface area contributed by atoms with Gasteiger partial charge >= 0.3 is 11.9 Å². The van der Waals surface area contributed by atoms with E-state index in [0.29, 0.717) is 36.3 Å². The molecule has 1 heterocycles. The van der Waals surface area contributed by atoms with E-state index in [0.717, 1.165) is 12.7 Å². The Hall–Kier alpha value is -1.24. The maximum Gasteiger partial charge on any atom is 0.339 e. The summed E-state index contributed by atoms with van der Waals surface area (Å²) in [5.74, 6) is -2.29. The van der Waals surface area contributed by atoms with Gasteiger partial charge in [0.1, 0.15) is 6.10 Å². The van der Waals surface area contributed by atoms with Crippen LogP contribution in [0.15, 0.2) is 12.1 Å². The molecule has 1 aromatic carbocycles. The summed E-state index contributed by atoms with van der Waals surface area (Å²) in [6.07, 6.45) is 1.92. The maximum absolute atomic E-state index is 12.6. The first-order chi connectivity index (χ1) is 13.3. The first kappa shape index (κ1) is 21.5. The fourth-order valence-corrected chi connectivity index (χ4v) is 4.61. The van der Waals surface area contributed by atoms with Gasteiger partial charge in [-0.1, -0.05) is 0 Å². The topological polar surface area (TPSA) is 90.0 Å². The molecule has 0 atom stereocenters. The minimum absolute atomic E-state index is 0.0748. The predicted octanol–water partition coefficient (Wildman–Crippen LogP) is 3.53. The highest BCUT2D eigenvalue weighted by molar-refractivity contribution is 14.1. The number of benzene rings is 1. The van der Waals surface area contributed by atoms with Gasteiger partial charge in [-0.2, -0.15) is 0 Å². The first-order valence-electron chi connectivity index (χ1n) is 9.01. The van der Waals surface area contributed by atoms with Gasteiger partial charge in [0.15, 0.2) is 0 Å². The van der Waals surface area contributed by atoms with Gasteiger partial charge in [0.2, 0.25) is 0 Å². The van der Waals surface area contributed by atoms with Crippen molar-refractivity contribution in [2.45, 2.75) is 51.6 Å². The Morgan fingerprint density at radius 2 is 1.57 bits per heavy atom. The number of hydrogen-bond donors (Lipinski definition) is 0. The Kier molecular flexibility index (Phi) is 6.94. The van der Waals surface area contributed by atoms with Crippen LogP contribution in [0.4, 0.5) is 0 Å². The van der Waals surface area contributed by atoms with Gasteiger partial charge in [0, 0.05) is 20.0 Å². The Labute approximate surface area is 189 Å². The second kappa shape index (κ2) is 9.06. The monoisotopic (exact) mass is 611 g/mol. The van der Waals surface area contributed by atoms with Gasteiger partial charge in [-0.3, -0.25) is 9.59 Å². The van der Waals surface area contributed by atoms with Crippen molar-refractivity contribution in [3.8, 4) is 0 Å². The normalized spacial score (nSPS) is 22.3. The van der Waals surface area contributed by atoms with E-state index in [1.54, 1.807) is 0 Å². The lowest BCUT2D eigenvalue weighted by Gasteiger charge is -2.28. The lowest BCUT2D eigenvalue weighted by molar-refractivity contribution is -0.201. The number of carbonyl (C=O) groups excluding carboxylic acids is 4. The van der Waals surface area contributed by atoms with Crippen LogP contribution in [-0.4, -0.2) is 34.9 Å². The van der Waals surface area contributed by atoms with Crippen LogP contribution in [0.1, 0.15) is 54.4 Å². The summed E-state index contributed by atoms with van der Waals surface area (Å²) in [4.78, 5) is 53.0. The van der Waals surface area contributed by atoms with Crippen LogP contribution in [0.3, 0.4) is 0 Å². The molecule has 1 aliphatic heterocycles. The van der Waals surface area contributed by atoms with Crippen molar-refractivity contribution < 1.29 is 28.8 Å². The van der Waals surface area contributed by atoms with E-state index in [2.05, 4.69) is 45.2 Å². The number of hydrogen-bond acceptors (Lipinski definition) is 6. The summed E-state index contributed by atoms with van der Waals surface area (Å²) in [5, 5.41) is 0.580. The van der Waals surface area contributed by atoms with Gasteiger partial charge in [-0.15, -0.1) is 5.06 Å². The van der Waals surface area contributed by atoms with Gasteiger partial charge < -0.3 is 9.57 Å². The quantitative estimate of drug-likeness (QED) is 0.294. The van der Waals surface area contributed by atoms with Gasteiger partial charge in [-0.05, 0) is 95.5 Å². The number of hydroxylamine groups is 2. The zero-order valence-electron chi connectivity index (χ0n) is 15.2. The van der Waals surface area contributed by atoms with Crippen LogP contribution in [0.2, 0.25) is 0 Å². The summed E-state index contributed by atoms with van der Waals surface area (Å²) >= 11 is 4.31. The number of halogens is 2. The molecular weight excluding hydrogens is 592 g/mol. The van der Waals surface area contributed by atoms with E-state index in [9.17, 15) is 19.2 Å². The molecule has 9 heteroatoms. The lowest BCUT2D eigenvalue weighted by atomic mass is 9.87. The summed E-state index contributed by atoms with van der Waals surface area (Å²) < 4.78 is 7.52. The highest BCUT2D eigenvalue weighted by Gasteiger charge is 2.36. The van der Waals surface area contributed by atoms with Crippen LogP contribution in [-0.2, 0) is 24.0 Å². The molecule has 0 aromatic heterocycles. The average Bonchev–Trinajstić information content (AvgIpc) is 2.97. The van der Waals surface area contributed by atoms with Gasteiger partial charge in [0.05, 0.1) is 11.5 Å². The largest absolute Gasteiger partial charge is 0.459 e. The molecule has 0 spiro atoms. The molecule has 0 unspecified atom stereocenters. The molecule has 28 heavy (non-hydrogen) atoms. The summed E-state index contributed by atoms with van der Waals surface area (Å²) in [6, 6.07) is 3.85. The Morgan fingerprint density at radius 1 is 1.00 bits per heavy atom. The highest BCUT2D eigenvalue weighted by atomic mass is 127.